The van der Waals surface area contributed by atoms with Crippen LogP contribution in [-0.4, -0.2) is 22.5 Å². The van der Waals surface area contributed by atoms with Crippen molar-refractivity contribution < 1.29 is 19.2 Å². The van der Waals surface area contributed by atoms with Crippen molar-refractivity contribution >= 4 is 11.6 Å². The maximum Gasteiger partial charge on any atom is 0.269 e. The smallest absolute Gasteiger partial charge is 0.269 e. The zero-order valence-electron chi connectivity index (χ0n) is 12.3. The van der Waals surface area contributed by atoms with Gasteiger partial charge in [-0.1, -0.05) is 12.1 Å². The quantitative estimate of drug-likeness (QED) is 0.654. The van der Waals surface area contributed by atoms with Crippen LogP contribution in [0.4, 0.5) is 10.1 Å². The minimum Gasteiger partial charge on any atom is -0.384 e. The number of hydrogen-bond donors (Lipinski definition) is 2. The Morgan fingerprint density at radius 3 is 2.30 bits per heavy atom. The highest BCUT2D eigenvalue weighted by Crippen LogP contribution is 2.20. The zero-order chi connectivity index (χ0) is 17.0. The van der Waals surface area contributed by atoms with Crippen molar-refractivity contribution in [1.82, 2.24) is 5.32 Å². The Balaban J connectivity index is 2.02. The number of nitrogens with zero attached hydrogens (tertiary/aromatic N) is 1. The lowest BCUT2D eigenvalue weighted by Crippen LogP contribution is -2.38. The Morgan fingerprint density at radius 2 is 1.78 bits per heavy atom. The number of rotatable bonds is 5. The summed E-state index contributed by atoms with van der Waals surface area (Å²) in [5.41, 5.74) is -0.780. The minimum atomic E-state index is -1.37. The first-order chi connectivity index (χ1) is 10.8. The van der Waals surface area contributed by atoms with Gasteiger partial charge in [0, 0.05) is 17.7 Å². The zero-order valence-corrected chi connectivity index (χ0v) is 12.3. The second kappa shape index (κ2) is 6.53. The van der Waals surface area contributed by atoms with Crippen molar-refractivity contribution in [2.45, 2.75) is 12.5 Å². The summed E-state index contributed by atoms with van der Waals surface area (Å²) in [5, 5.41) is 23.5. The molecule has 0 fully saturated rings. The number of hydrogen-bond acceptors (Lipinski definition) is 4. The summed E-state index contributed by atoms with van der Waals surface area (Å²) in [7, 11) is 0. The van der Waals surface area contributed by atoms with E-state index in [1.807, 2.05) is 0 Å². The topological polar surface area (TPSA) is 92.5 Å². The third-order valence-corrected chi connectivity index (χ3v) is 3.40. The predicted molar refractivity (Wildman–Crippen MR) is 81.4 cm³/mol. The number of nitro groups is 1. The summed E-state index contributed by atoms with van der Waals surface area (Å²) in [4.78, 5) is 22.0. The summed E-state index contributed by atoms with van der Waals surface area (Å²) in [6.45, 7) is 1.41. The normalized spacial score (nSPS) is 13.2. The number of nitrogens with one attached hydrogen (secondary N) is 1. The molecule has 0 aliphatic carbocycles. The molecule has 2 aromatic rings. The molecule has 0 spiro atoms. The van der Waals surface area contributed by atoms with Crippen molar-refractivity contribution in [1.29, 1.82) is 0 Å². The Kier molecular flexibility index (Phi) is 4.71. The summed E-state index contributed by atoms with van der Waals surface area (Å²) >= 11 is 0. The van der Waals surface area contributed by atoms with Gasteiger partial charge in [0.25, 0.3) is 11.6 Å². The lowest BCUT2D eigenvalue weighted by Gasteiger charge is -2.24. The number of amides is 1. The number of aliphatic hydroxyl groups is 1. The van der Waals surface area contributed by atoms with Crippen LogP contribution in [0.25, 0.3) is 0 Å². The second-order valence-electron chi connectivity index (χ2n) is 5.27. The fourth-order valence-electron chi connectivity index (χ4n) is 2.00. The molecular formula is C16H15FN2O4. The fourth-order valence-corrected chi connectivity index (χ4v) is 2.00. The van der Waals surface area contributed by atoms with Gasteiger partial charge in [-0.3, -0.25) is 14.9 Å². The third kappa shape index (κ3) is 4.10. The van der Waals surface area contributed by atoms with Crippen molar-refractivity contribution in [3.8, 4) is 0 Å². The third-order valence-electron chi connectivity index (χ3n) is 3.40. The van der Waals surface area contributed by atoms with Gasteiger partial charge in [0.2, 0.25) is 0 Å². The van der Waals surface area contributed by atoms with Crippen LogP contribution in [0, 0.1) is 15.9 Å². The molecule has 2 N–H and O–H groups in total. The van der Waals surface area contributed by atoms with E-state index in [1.165, 1.54) is 55.5 Å². The van der Waals surface area contributed by atoms with Gasteiger partial charge in [-0.2, -0.15) is 0 Å². The van der Waals surface area contributed by atoms with Gasteiger partial charge in [-0.05, 0) is 36.8 Å². The van der Waals surface area contributed by atoms with Crippen LogP contribution in [0.2, 0.25) is 0 Å². The summed E-state index contributed by atoms with van der Waals surface area (Å²) < 4.78 is 12.9. The molecule has 0 heterocycles. The van der Waals surface area contributed by atoms with Gasteiger partial charge in [0.1, 0.15) is 11.4 Å². The predicted octanol–water partition coefficient (Wildman–Crippen LogP) is 2.37. The number of carbonyl (C=O) groups is 1. The number of benzene rings is 2. The monoisotopic (exact) mass is 318 g/mol. The van der Waals surface area contributed by atoms with Gasteiger partial charge >= 0.3 is 0 Å². The summed E-state index contributed by atoms with van der Waals surface area (Å²) in [6.07, 6.45) is 0. The molecule has 0 aliphatic rings. The van der Waals surface area contributed by atoms with Crippen LogP contribution in [0.5, 0.6) is 0 Å². The Bertz CT molecular complexity index is 712. The number of halogens is 1. The second-order valence-corrected chi connectivity index (χ2v) is 5.27. The van der Waals surface area contributed by atoms with E-state index < -0.39 is 22.2 Å². The molecule has 120 valence electrons. The van der Waals surface area contributed by atoms with Crippen LogP contribution in [0.3, 0.4) is 0 Å². The molecular weight excluding hydrogens is 303 g/mol. The van der Waals surface area contributed by atoms with E-state index in [0.717, 1.165) is 0 Å². The van der Waals surface area contributed by atoms with Crippen LogP contribution in [-0.2, 0) is 5.60 Å². The minimum absolute atomic E-state index is 0.0888. The number of nitro benzene ring substituents is 1. The highest BCUT2D eigenvalue weighted by atomic mass is 19.1. The molecule has 0 radical (unpaired) electrons. The molecule has 0 saturated heterocycles. The van der Waals surface area contributed by atoms with E-state index in [-0.39, 0.29) is 17.8 Å². The highest BCUT2D eigenvalue weighted by molar-refractivity contribution is 5.94. The van der Waals surface area contributed by atoms with Crippen LogP contribution in [0.1, 0.15) is 22.8 Å². The Morgan fingerprint density at radius 1 is 1.22 bits per heavy atom. The Labute approximate surface area is 131 Å². The summed E-state index contributed by atoms with van der Waals surface area (Å²) in [6, 6.07) is 10.4. The van der Waals surface area contributed by atoms with Crippen molar-refractivity contribution in [3.05, 3.63) is 75.6 Å². The first-order valence-electron chi connectivity index (χ1n) is 6.81. The van der Waals surface area contributed by atoms with E-state index in [9.17, 15) is 24.4 Å². The fraction of sp³-hybridized carbons (Fsp3) is 0.188. The molecule has 6 nitrogen and oxygen atoms in total. The van der Waals surface area contributed by atoms with E-state index in [1.54, 1.807) is 0 Å². The first-order valence-corrected chi connectivity index (χ1v) is 6.81. The molecule has 0 aromatic heterocycles. The molecule has 7 heteroatoms. The van der Waals surface area contributed by atoms with Gasteiger partial charge < -0.3 is 10.4 Å². The molecule has 1 atom stereocenters. The Hall–Kier alpha value is -2.80. The molecule has 2 rings (SSSR count). The highest BCUT2D eigenvalue weighted by Gasteiger charge is 2.24. The van der Waals surface area contributed by atoms with Crippen molar-refractivity contribution in [2.24, 2.45) is 0 Å². The van der Waals surface area contributed by atoms with Gasteiger partial charge in [-0.15, -0.1) is 0 Å². The largest absolute Gasteiger partial charge is 0.384 e. The molecule has 2 aromatic carbocycles. The van der Waals surface area contributed by atoms with Gasteiger partial charge in [0.15, 0.2) is 0 Å². The number of non-ortho nitro benzene ring substituents is 1. The maximum atomic E-state index is 12.9. The molecule has 1 unspecified atom stereocenters. The van der Waals surface area contributed by atoms with Crippen molar-refractivity contribution in [3.63, 3.8) is 0 Å². The molecule has 0 saturated carbocycles. The lowest BCUT2D eigenvalue weighted by atomic mass is 9.96. The van der Waals surface area contributed by atoms with E-state index in [4.69, 9.17) is 0 Å². The van der Waals surface area contributed by atoms with E-state index in [2.05, 4.69) is 5.32 Å². The maximum absolute atomic E-state index is 12.9. The van der Waals surface area contributed by atoms with Crippen molar-refractivity contribution in [2.75, 3.05) is 6.54 Å². The SMILES string of the molecule is CC(O)(CNC(=O)c1ccc([N+](=O)[O-])cc1)c1ccc(F)cc1. The van der Waals surface area contributed by atoms with E-state index >= 15 is 0 Å². The van der Waals surface area contributed by atoms with Gasteiger partial charge in [-0.25, -0.2) is 4.39 Å². The van der Waals surface area contributed by atoms with Crippen LogP contribution in [0.15, 0.2) is 48.5 Å². The van der Waals surface area contributed by atoms with Crippen LogP contribution >= 0.6 is 0 Å². The van der Waals surface area contributed by atoms with Crippen LogP contribution < -0.4 is 5.32 Å². The molecule has 0 bridgehead atoms. The van der Waals surface area contributed by atoms with E-state index in [0.29, 0.717) is 5.56 Å². The summed E-state index contributed by atoms with van der Waals surface area (Å²) in [5.74, 6) is -0.887. The van der Waals surface area contributed by atoms with Gasteiger partial charge in [0.05, 0.1) is 11.5 Å². The first kappa shape index (κ1) is 16.6. The molecule has 23 heavy (non-hydrogen) atoms. The number of carbonyl (C=O) groups excluding carboxylic acids is 1. The average molecular weight is 318 g/mol. The molecule has 1 amide bonds. The average Bonchev–Trinajstić information content (AvgIpc) is 2.53. The molecule has 0 aliphatic heterocycles. The lowest BCUT2D eigenvalue weighted by molar-refractivity contribution is -0.384. The standard InChI is InChI=1S/C16H15FN2O4/c1-16(21,12-4-6-13(17)7-5-12)10-18-15(20)11-2-8-14(9-3-11)19(22)23/h2-9,21H,10H2,1H3,(H,18,20).